The van der Waals surface area contributed by atoms with Crippen LogP contribution in [0.4, 0.5) is 5.82 Å². The molecule has 1 heterocycles. The lowest BCUT2D eigenvalue weighted by Crippen LogP contribution is -2.20. The number of nitrogens with one attached hydrogen (secondary N) is 2. The predicted molar refractivity (Wildman–Crippen MR) is 96.6 cm³/mol. The number of anilines is 1. The summed E-state index contributed by atoms with van der Waals surface area (Å²) < 4.78 is 6.08. The average Bonchev–Trinajstić information content (AvgIpc) is 2.67. The Bertz CT molecular complexity index is 703. The van der Waals surface area contributed by atoms with Gasteiger partial charge in [0, 0.05) is 20.2 Å². The summed E-state index contributed by atoms with van der Waals surface area (Å²) in [5.74, 6) is 0.427. The van der Waals surface area contributed by atoms with E-state index in [-0.39, 0.29) is 12.0 Å². The first-order valence-electron chi connectivity index (χ1n) is 8.77. The minimum Gasteiger partial charge on any atom is -0.373 e. The van der Waals surface area contributed by atoms with E-state index in [0.29, 0.717) is 18.1 Å². The van der Waals surface area contributed by atoms with Crippen LogP contribution in [-0.2, 0) is 11.2 Å². The second kappa shape index (κ2) is 8.58. The van der Waals surface area contributed by atoms with E-state index in [4.69, 9.17) is 4.74 Å². The van der Waals surface area contributed by atoms with Gasteiger partial charge in [0.15, 0.2) is 5.69 Å². The van der Waals surface area contributed by atoms with Gasteiger partial charge in [-0.2, -0.15) is 0 Å². The van der Waals surface area contributed by atoms with Crippen molar-refractivity contribution in [1.82, 2.24) is 15.5 Å². The van der Waals surface area contributed by atoms with Crippen LogP contribution >= 0.6 is 0 Å². The van der Waals surface area contributed by atoms with Gasteiger partial charge in [0.2, 0.25) is 0 Å². The number of hydrogen-bond acceptors (Lipinski definition) is 5. The molecule has 132 valence electrons. The molecule has 6 heteroatoms. The van der Waals surface area contributed by atoms with Crippen LogP contribution in [0.2, 0.25) is 0 Å². The Morgan fingerprint density at radius 2 is 2.12 bits per heavy atom. The number of ether oxygens (including phenoxy) is 1. The average molecular weight is 340 g/mol. The van der Waals surface area contributed by atoms with Crippen molar-refractivity contribution >= 4 is 11.7 Å². The Kier molecular flexibility index (Phi) is 5.95. The van der Waals surface area contributed by atoms with E-state index in [0.717, 1.165) is 25.8 Å². The van der Waals surface area contributed by atoms with Gasteiger partial charge < -0.3 is 15.4 Å². The Hall–Kier alpha value is -2.47. The maximum Gasteiger partial charge on any atom is 0.271 e. The molecule has 0 fully saturated rings. The highest BCUT2D eigenvalue weighted by Gasteiger charge is 2.19. The number of fused-ring (bicyclic) bond motifs is 1. The first kappa shape index (κ1) is 17.4. The second-order valence-electron chi connectivity index (χ2n) is 6.11. The van der Waals surface area contributed by atoms with Crippen LogP contribution in [0.25, 0.3) is 0 Å². The van der Waals surface area contributed by atoms with Crippen molar-refractivity contribution in [2.24, 2.45) is 0 Å². The van der Waals surface area contributed by atoms with Crippen LogP contribution in [0.15, 0.2) is 36.4 Å². The highest BCUT2D eigenvalue weighted by Crippen LogP contribution is 2.32. The summed E-state index contributed by atoms with van der Waals surface area (Å²) in [7, 11) is 1.57. The molecule has 1 aliphatic carbocycles. The van der Waals surface area contributed by atoms with Gasteiger partial charge in [-0.3, -0.25) is 4.79 Å². The molecule has 1 aliphatic rings. The molecule has 1 atom stereocenters. The van der Waals surface area contributed by atoms with Gasteiger partial charge in [-0.05, 0) is 48.9 Å². The number of rotatable bonds is 7. The van der Waals surface area contributed by atoms with Gasteiger partial charge in [-0.25, -0.2) is 0 Å². The molecule has 2 N–H and O–H groups in total. The first-order chi connectivity index (χ1) is 12.3. The van der Waals surface area contributed by atoms with Gasteiger partial charge in [0.05, 0.1) is 6.10 Å². The summed E-state index contributed by atoms with van der Waals surface area (Å²) in [5.41, 5.74) is 3.08. The summed E-state index contributed by atoms with van der Waals surface area (Å²) in [4.78, 5) is 11.4. The van der Waals surface area contributed by atoms with E-state index in [9.17, 15) is 4.79 Å². The monoisotopic (exact) mass is 340 g/mol. The lowest BCUT2D eigenvalue weighted by Gasteiger charge is -2.25. The topological polar surface area (TPSA) is 76.1 Å². The number of carbonyl (C=O) groups excluding carboxylic acids is 1. The zero-order chi connectivity index (χ0) is 17.5. The number of nitrogens with zero attached hydrogens (tertiary/aromatic N) is 2. The zero-order valence-corrected chi connectivity index (χ0v) is 14.5. The standard InChI is InChI=1S/C19H24N4O2/c1-20-19(24)16-10-11-18(23-22-16)21-12-5-13-25-17-9-4-7-14-6-2-3-8-15(14)17/h2-3,6,8,10-11,17H,4-5,7,9,12-13H2,1H3,(H,20,24)(H,21,23). The van der Waals surface area contributed by atoms with Gasteiger partial charge >= 0.3 is 0 Å². The molecule has 0 saturated carbocycles. The quantitative estimate of drug-likeness (QED) is 0.758. The third kappa shape index (κ3) is 4.54. The molecule has 0 bridgehead atoms. The number of benzene rings is 1. The Morgan fingerprint density at radius 1 is 1.24 bits per heavy atom. The fraction of sp³-hybridized carbons (Fsp3) is 0.421. The van der Waals surface area contributed by atoms with E-state index < -0.39 is 0 Å². The van der Waals surface area contributed by atoms with E-state index in [1.165, 1.54) is 17.5 Å². The van der Waals surface area contributed by atoms with Crippen LogP contribution < -0.4 is 10.6 Å². The minimum atomic E-state index is -0.236. The number of carbonyl (C=O) groups is 1. The maximum absolute atomic E-state index is 11.4. The molecule has 25 heavy (non-hydrogen) atoms. The van der Waals surface area contributed by atoms with Crippen molar-refractivity contribution in [2.45, 2.75) is 31.8 Å². The van der Waals surface area contributed by atoms with Crippen molar-refractivity contribution in [3.05, 3.63) is 53.2 Å². The van der Waals surface area contributed by atoms with Crippen LogP contribution in [0.3, 0.4) is 0 Å². The lowest BCUT2D eigenvalue weighted by atomic mass is 9.89. The number of amides is 1. The van der Waals surface area contributed by atoms with Crippen molar-refractivity contribution in [2.75, 3.05) is 25.5 Å². The van der Waals surface area contributed by atoms with Crippen LogP contribution in [0.5, 0.6) is 0 Å². The molecule has 3 rings (SSSR count). The van der Waals surface area contributed by atoms with Crippen LogP contribution in [0, 0.1) is 0 Å². The summed E-state index contributed by atoms with van der Waals surface area (Å²) in [6.45, 7) is 1.46. The second-order valence-corrected chi connectivity index (χ2v) is 6.11. The number of aromatic nitrogens is 2. The fourth-order valence-electron chi connectivity index (χ4n) is 3.07. The molecule has 1 amide bonds. The largest absolute Gasteiger partial charge is 0.373 e. The molecule has 1 aromatic heterocycles. The summed E-state index contributed by atoms with van der Waals surface area (Å²) in [5, 5.41) is 13.6. The van der Waals surface area contributed by atoms with Gasteiger partial charge in [0.25, 0.3) is 5.91 Å². The third-order valence-corrected chi connectivity index (χ3v) is 4.38. The lowest BCUT2D eigenvalue weighted by molar-refractivity contribution is 0.0406. The van der Waals surface area contributed by atoms with E-state index in [2.05, 4.69) is 45.1 Å². The zero-order valence-electron chi connectivity index (χ0n) is 14.5. The summed E-state index contributed by atoms with van der Waals surface area (Å²) in [6, 6.07) is 12.0. The SMILES string of the molecule is CNC(=O)c1ccc(NCCCOC2CCCc3ccccc32)nn1. The van der Waals surface area contributed by atoms with Crippen LogP contribution in [-0.4, -0.2) is 36.3 Å². The molecule has 1 unspecified atom stereocenters. The molecule has 6 nitrogen and oxygen atoms in total. The maximum atomic E-state index is 11.4. The molecule has 0 spiro atoms. The Morgan fingerprint density at radius 3 is 2.92 bits per heavy atom. The normalized spacial score (nSPS) is 16.1. The Balaban J connectivity index is 1.40. The molecule has 0 saturated heterocycles. The number of hydrogen-bond donors (Lipinski definition) is 2. The van der Waals surface area contributed by atoms with E-state index in [1.807, 2.05) is 0 Å². The molecule has 2 aromatic rings. The number of aryl methyl sites for hydroxylation is 1. The van der Waals surface area contributed by atoms with Crippen molar-refractivity contribution in [3.8, 4) is 0 Å². The predicted octanol–water partition coefficient (Wildman–Crippen LogP) is 2.73. The molecule has 1 aromatic carbocycles. The molecule has 0 radical (unpaired) electrons. The van der Waals surface area contributed by atoms with Crippen molar-refractivity contribution in [3.63, 3.8) is 0 Å². The van der Waals surface area contributed by atoms with Gasteiger partial charge in [0.1, 0.15) is 5.82 Å². The van der Waals surface area contributed by atoms with E-state index in [1.54, 1.807) is 19.2 Å². The molecular formula is C19H24N4O2. The van der Waals surface area contributed by atoms with Gasteiger partial charge in [-0.15, -0.1) is 10.2 Å². The third-order valence-electron chi connectivity index (χ3n) is 4.38. The van der Waals surface area contributed by atoms with Gasteiger partial charge in [-0.1, -0.05) is 24.3 Å². The summed E-state index contributed by atoms with van der Waals surface area (Å²) >= 11 is 0. The highest BCUT2D eigenvalue weighted by atomic mass is 16.5. The minimum absolute atomic E-state index is 0.219. The van der Waals surface area contributed by atoms with Crippen molar-refractivity contribution in [1.29, 1.82) is 0 Å². The molecular weight excluding hydrogens is 316 g/mol. The fourth-order valence-corrected chi connectivity index (χ4v) is 3.07. The summed E-state index contributed by atoms with van der Waals surface area (Å²) in [6.07, 6.45) is 4.54. The smallest absolute Gasteiger partial charge is 0.271 e. The first-order valence-corrected chi connectivity index (χ1v) is 8.77. The Labute approximate surface area is 148 Å². The van der Waals surface area contributed by atoms with Crippen LogP contribution in [0.1, 0.15) is 47.0 Å². The highest BCUT2D eigenvalue weighted by molar-refractivity contribution is 5.91. The molecule has 0 aliphatic heterocycles. The van der Waals surface area contributed by atoms with Crippen molar-refractivity contribution < 1.29 is 9.53 Å². The van der Waals surface area contributed by atoms with E-state index >= 15 is 0 Å².